The van der Waals surface area contributed by atoms with E-state index in [-0.39, 0.29) is 11.9 Å². The topological polar surface area (TPSA) is 78.4 Å². The number of nitrogens with zero attached hydrogens (tertiary/aromatic N) is 3. The molecule has 7 heteroatoms. The van der Waals surface area contributed by atoms with E-state index >= 15 is 0 Å². The lowest BCUT2D eigenvalue weighted by molar-refractivity contribution is -0.136. The lowest BCUT2D eigenvalue weighted by Gasteiger charge is -2.58. The van der Waals surface area contributed by atoms with Gasteiger partial charge in [-0.25, -0.2) is 9.97 Å². The van der Waals surface area contributed by atoms with Crippen molar-refractivity contribution in [2.24, 2.45) is 17.8 Å². The quantitative estimate of drug-likeness (QED) is 0.574. The molecule has 0 radical (unpaired) electrons. The maximum absolute atomic E-state index is 13.1. The predicted molar refractivity (Wildman–Crippen MR) is 107 cm³/mol. The molecule has 4 aliphatic rings. The Labute approximate surface area is 165 Å². The summed E-state index contributed by atoms with van der Waals surface area (Å²) in [6.45, 7) is 2.13. The minimum Gasteiger partial charge on any atom is -0.390 e. The molecule has 2 unspecified atom stereocenters. The van der Waals surface area contributed by atoms with Crippen molar-refractivity contribution in [3.63, 3.8) is 0 Å². The zero-order chi connectivity index (χ0) is 19.2. The van der Waals surface area contributed by atoms with Gasteiger partial charge in [-0.15, -0.1) is 11.8 Å². The van der Waals surface area contributed by atoms with Gasteiger partial charge in [-0.05, 0) is 62.0 Å². The number of nitrogens with one attached hydrogen (secondary N) is 1. The summed E-state index contributed by atoms with van der Waals surface area (Å²) in [6.07, 6.45) is 7.59. The van der Waals surface area contributed by atoms with Gasteiger partial charge in [-0.2, -0.15) is 0 Å². The Hall–Kier alpha value is -1.34. The molecule has 4 fully saturated rings. The first-order valence-corrected chi connectivity index (χ1v) is 11.1. The zero-order valence-corrected chi connectivity index (χ0v) is 17.3. The van der Waals surface area contributed by atoms with E-state index in [9.17, 15) is 9.90 Å². The van der Waals surface area contributed by atoms with E-state index < -0.39 is 5.60 Å². The average Bonchev–Trinajstić information content (AvgIpc) is 2.61. The van der Waals surface area contributed by atoms with Crippen LogP contribution >= 0.6 is 11.8 Å². The third kappa shape index (κ3) is 3.68. The monoisotopic (exact) mass is 390 g/mol. The Morgan fingerprint density at radius 1 is 1.33 bits per heavy atom. The fourth-order valence-corrected chi connectivity index (χ4v) is 6.33. The van der Waals surface area contributed by atoms with Gasteiger partial charge in [0.25, 0.3) is 5.91 Å². The van der Waals surface area contributed by atoms with Gasteiger partial charge >= 0.3 is 0 Å². The third-order valence-corrected chi connectivity index (χ3v) is 7.56. The standard InChI is InChI=1S/C20H30N4O2S/c1-4-5-27-18-15(11-21-19(23-18)24(2)3)17(25)22-16-13-6-12-7-14(16)10-20(26,8-12)9-13/h11-14,16,26H,4-10H2,1-3H3,(H,22,25)/t12?,13?,14?,16-,20+. The molecule has 2 N–H and O–H groups in total. The number of anilines is 1. The van der Waals surface area contributed by atoms with Gasteiger partial charge < -0.3 is 15.3 Å². The number of hydrogen-bond acceptors (Lipinski definition) is 6. The van der Waals surface area contributed by atoms with Crippen LogP contribution in [0.3, 0.4) is 0 Å². The Bertz CT molecular complexity index is 710. The molecule has 1 aromatic heterocycles. The van der Waals surface area contributed by atoms with Gasteiger partial charge in [0.2, 0.25) is 5.95 Å². The highest BCUT2D eigenvalue weighted by atomic mass is 32.2. The van der Waals surface area contributed by atoms with Crippen LogP contribution in [0.4, 0.5) is 5.95 Å². The van der Waals surface area contributed by atoms with Crippen LogP contribution in [0.25, 0.3) is 0 Å². The molecule has 0 aliphatic heterocycles. The highest BCUT2D eigenvalue weighted by Gasteiger charge is 2.55. The number of hydrogen-bond donors (Lipinski definition) is 2. The molecule has 5 rings (SSSR count). The Kier molecular flexibility index (Phi) is 5.10. The van der Waals surface area contributed by atoms with Crippen molar-refractivity contribution >= 4 is 23.6 Å². The lowest BCUT2D eigenvalue weighted by atomic mass is 9.52. The number of rotatable bonds is 6. The maximum atomic E-state index is 13.1. The first-order chi connectivity index (χ1) is 12.9. The normalized spacial score (nSPS) is 33.9. The summed E-state index contributed by atoms with van der Waals surface area (Å²) in [5.74, 6) is 2.93. The molecule has 6 nitrogen and oxygen atoms in total. The molecule has 2 atom stereocenters. The molecule has 0 saturated heterocycles. The second-order valence-electron chi connectivity index (χ2n) is 8.83. The molecule has 27 heavy (non-hydrogen) atoms. The van der Waals surface area contributed by atoms with Crippen LogP contribution < -0.4 is 10.2 Å². The zero-order valence-electron chi connectivity index (χ0n) is 16.4. The lowest BCUT2D eigenvalue weighted by Crippen LogP contribution is -2.61. The summed E-state index contributed by atoms with van der Waals surface area (Å²) in [4.78, 5) is 23.9. The van der Waals surface area contributed by atoms with Gasteiger partial charge in [-0.3, -0.25) is 4.79 Å². The van der Waals surface area contributed by atoms with Crippen LogP contribution in [0.5, 0.6) is 0 Å². The minimum atomic E-state index is -0.476. The Morgan fingerprint density at radius 2 is 2.04 bits per heavy atom. The van der Waals surface area contributed by atoms with Crippen molar-refractivity contribution in [2.45, 2.75) is 62.1 Å². The number of aliphatic hydroxyl groups is 1. The van der Waals surface area contributed by atoms with Crippen LogP contribution in [0.15, 0.2) is 11.2 Å². The van der Waals surface area contributed by atoms with Crippen molar-refractivity contribution in [1.29, 1.82) is 0 Å². The summed E-state index contributed by atoms with van der Waals surface area (Å²) in [5, 5.41) is 14.8. The predicted octanol–water partition coefficient (Wildman–Crippen LogP) is 2.71. The smallest absolute Gasteiger partial charge is 0.255 e. The third-order valence-electron chi connectivity index (χ3n) is 6.37. The van der Waals surface area contributed by atoms with Crippen molar-refractivity contribution in [3.05, 3.63) is 11.8 Å². The average molecular weight is 391 g/mol. The van der Waals surface area contributed by atoms with Crippen molar-refractivity contribution < 1.29 is 9.90 Å². The molecule has 0 spiro atoms. The van der Waals surface area contributed by atoms with E-state index in [2.05, 4.69) is 22.2 Å². The maximum Gasteiger partial charge on any atom is 0.255 e. The number of carbonyl (C=O) groups excluding carboxylic acids is 1. The summed E-state index contributed by atoms with van der Waals surface area (Å²) < 4.78 is 0. The van der Waals surface area contributed by atoms with Crippen molar-refractivity contribution in [3.8, 4) is 0 Å². The molecular formula is C20H30N4O2S. The second-order valence-corrected chi connectivity index (χ2v) is 9.91. The fourth-order valence-electron chi connectivity index (χ4n) is 5.48. The summed E-state index contributed by atoms with van der Waals surface area (Å²) >= 11 is 1.62. The Morgan fingerprint density at radius 3 is 2.63 bits per heavy atom. The molecule has 0 aromatic carbocycles. The van der Waals surface area contributed by atoms with E-state index in [4.69, 9.17) is 0 Å². The first kappa shape index (κ1) is 19.0. The summed E-state index contributed by atoms with van der Waals surface area (Å²) in [7, 11) is 3.81. The van der Waals surface area contributed by atoms with E-state index in [0.29, 0.717) is 29.3 Å². The van der Waals surface area contributed by atoms with Gasteiger partial charge in [0.05, 0.1) is 11.2 Å². The van der Waals surface area contributed by atoms with Crippen molar-refractivity contribution in [1.82, 2.24) is 15.3 Å². The molecule has 148 valence electrons. The van der Waals surface area contributed by atoms with Crippen LogP contribution in [0.2, 0.25) is 0 Å². The number of carbonyl (C=O) groups is 1. The van der Waals surface area contributed by atoms with E-state index in [1.54, 1.807) is 18.0 Å². The highest BCUT2D eigenvalue weighted by Crippen LogP contribution is 2.55. The number of thioether (sulfide) groups is 1. The van der Waals surface area contributed by atoms with Crippen LogP contribution in [-0.2, 0) is 0 Å². The van der Waals surface area contributed by atoms with Gasteiger partial charge in [-0.1, -0.05) is 6.92 Å². The van der Waals surface area contributed by atoms with Crippen LogP contribution in [-0.4, -0.2) is 52.5 Å². The highest BCUT2D eigenvalue weighted by molar-refractivity contribution is 7.99. The van der Waals surface area contributed by atoms with Gasteiger partial charge in [0, 0.05) is 26.3 Å². The minimum absolute atomic E-state index is 0.0663. The Balaban J connectivity index is 1.53. The largest absolute Gasteiger partial charge is 0.390 e. The van der Waals surface area contributed by atoms with Gasteiger partial charge in [0.15, 0.2) is 0 Å². The molecule has 4 saturated carbocycles. The molecule has 4 bridgehead atoms. The number of amides is 1. The molecule has 4 aliphatic carbocycles. The van der Waals surface area contributed by atoms with E-state index in [1.165, 1.54) is 0 Å². The summed E-state index contributed by atoms with van der Waals surface area (Å²) in [6, 6.07) is 0.173. The molecule has 1 aromatic rings. The van der Waals surface area contributed by atoms with Gasteiger partial charge in [0.1, 0.15) is 5.03 Å². The van der Waals surface area contributed by atoms with Crippen LogP contribution in [0, 0.1) is 17.8 Å². The van der Waals surface area contributed by atoms with E-state index in [0.717, 1.165) is 49.3 Å². The number of aromatic nitrogens is 2. The second kappa shape index (κ2) is 7.24. The summed E-state index contributed by atoms with van der Waals surface area (Å²) in [5.41, 5.74) is 0.0997. The first-order valence-electron chi connectivity index (χ1n) is 10.1. The van der Waals surface area contributed by atoms with Crippen LogP contribution in [0.1, 0.15) is 55.8 Å². The van der Waals surface area contributed by atoms with Crippen molar-refractivity contribution in [2.75, 3.05) is 24.7 Å². The molecule has 1 heterocycles. The molecule has 1 amide bonds. The molecular weight excluding hydrogens is 360 g/mol. The van der Waals surface area contributed by atoms with E-state index in [1.807, 2.05) is 19.0 Å². The SMILES string of the molecule is CCCSc1nc(N(C)C)ncc1C(=O)N[C@H]1C2CC3CC1C[C@@](O)(C3)C2. The fraction of sp³-hybridized carbons (Fsp3) is 0.750.